The summed E-state index contributed by atoms with van der Waals surface area (Å²) in [7, 11) is -3.12. The summed E-state index contributed by atoms with van der Waals surface area (Å²) < 4.78 is 23.2. The molecule has 0 radical (unpaired) electrons. The van der Waals surface area contributed by atoms with Crippen molar-refractivity contribution in [1.82, 2.24) is 4.90 Å². The van der Waals surface area contributed by atoms with Crippen LogP contribution in [0.2, 0.25) is 0 Å². The highest BCUT2D eigenvalue weighted by Crippen LogP contribution is 2.22. The molecule has 1 saturated heterocycles. The molecule has 1 aliphatic rings. The fraction of sp³-hybridized carbons (Fsp3) is 0.615. The lowest BCUT2D eigenvalue weighted by atomic mass is 10.2. The third-order valence-electron chi connectivity index (χ3n) is 3.33. The minimum atomic E-state index is -3.12. The fourth-order valence-electron chi connectivity index (χ4n) is 2.20. The van der Waals surface area contributed by atoms with Gasteiger partial charge in [0, 0.05) is 24.2 Å². The van der Waals surface area contributed by atoms with Crippen molar-refractivity contribution in [2.75, 3.05) is 19.3 Å². The first-order chi connectivity index (χ1) is 9.47. The molecule has 0 bridgehead atoms. The first-order valence-corrected chi connectivity index (χ1v) is 9.51. The van der Waals surface area contributed by atoms with E-state index in [1.165, 1.54) is 30.4 Å². The molecule has 0 amide bonds. The Bertz CT molecular complexity index is 576. The number of sulfone groups is 1. The second-order valence-electron chi connectivity index (χ2n) is 5.07. The summed E-state index contributed by atoms with van der Waals surface area (Å²) in [6, 6.07) is 3.44. The fourth-order valence-corrected chi connectivity index (χ4v) is 4.10. The Morgan fingerprint density at radius 1 is 1.29 bits per heavy atom. The predicted molar refractivity (Wildman–Crippen MR) is 98.2 cm³/mol. The largest absolute Gasteiger partial charge is 0.370 e. The molecule has 0 unspecified atom stereocenters. The zero-order valence-electron chi connectivity index (χ0n) is 12.1. The van der Waals surface area contributed by atoms with Gasteiger partial charge in [0.1, 0.15) is 4.21 Å². The molecule has 1 aromatic rings. The second-order valence-corrected chi connectivity index (χ2v) is 8.48. The van der Waals surface area contributed by atoms with Crippen LogP contribution < -0.4 is 5.73 Å². The summed E-state index contributed by atoms with van der Waals surface area (Å²) in [4.78, 5) is 7.43. The number of aliphatic imine (C=N–C) groups is 1. The second kappa shape index (κ2) is 8.33. The van der Waals surface area contributed by atoms with E-state index in [-0.39, 0.29) is 24.0 Å². The molecule has 1 aromatic heterocycles. The molecule has 5 nitrogen and oxygen atoms in total. The molecular weight excluding hydrogens is 421 g/mol. The van der Waals surface area contributed by atoms with E-state index in [0.717, 1.165) is 30.8 Å². The van der Waals surface area contributed by atoms with Crippen molar-refractivity contribution in [2.45, 2.75) is 36.4 Å². The number of nitrogens with zero attached hydrogens (tertiary/aromatic N) is 2. The van der Waals surface area contributed by atoms with E-state index in [4.69, 9.17) is 5.73 Å². The van der Waals surface area contributed by atoms with Crippen LogP contribution in [-0.4, -0.2) is 38.6 Å². The maximum atomic E-state index is 11.4. The van der Waals surface area contributed by atoms with E-state index in [2.05, 4.69) is 9.89 Å². The number of hydrogen-bond donors (Lipinski definition) is 1. The highest BCUT2D eigenvalue weighted by atomic mass is 127. The molecule has 2 rings (SSSR count). The zero-order chi connectivity index (χ0) is 14.6. The normalized spacial score (nSPS) is 17.2. The Kier molecular flexibility index (Phi) is 7.41. The number of hydrogen-bond acceptors (Lipinski definition) is 4. The molecule has 0 atom stereocenters. The van der Waals surface area contributed by atoms with Crippen molar-refractivity contribution in [1.29, 1.82) is 0 Å². The Morgan fingerprint density at radius 2 is 1.90 bits per heavy atom. The molecular formula is C13H22IN3O2S2. The lowest BCUT2D eigenvalue weighted by molar-refractivity contribution is 0.428. The van der Waals surface area contributed by atoms with Crippen LogP contribution in [0.4, 0.5) is 0 Å². The molecule has 1 fully saturated rings. The topological polar surface area (TPSA) is 75.8 Å². The van der Waals surface area contributed by atoms with E-state index in [9.17, 15) is 8.42 Å². The van der Waals surface area contributed by atoms with Crippen LogP contribution >= 0.6 is 35.3 Å². The van der Waals surface area contributed by atoms with Gasteiger partial charge in [-0.3, -0.25) is 0 Å². The third kappa shape index (κ3) is 5.74. The predicted octanol–water partition coefficient (Wildman–Crippen LogP) is 2.46. The van der Waals surface area contributed by atoms with E-state index in [1.807, 2.05) is 0 Å². The summed E-state index contributed by atoms with van der Waals surface area (Å²) in [5, 5.41) is 0. The molecule has 1 aliphatic heterocycles. The number of likely N-dealkylation sites (tertiary alicyclic amines) is 1. The van der Waals surface area contributed by atoms with Gasteiger partial charge in [-0.25, -0.2) is 13.4 Å². The van der Waals surface area contributed by atoms with E-state index in [1.54, 1.807) is 12.1 Å². The highest BCUT2D eigenvalue weighted by molar-refractivity contribution is 14.0. The van der Waals surface area contributed by atoms with E-state index < -0.39 is 9.84 Å². The maximum Gasteiger partial charge on any atom is 0.191 e. The van der Waals surface area contributed by atoms with Gasteiger partial charge in [0.2, 0.25) is 0 Å². The monoisotopic (exact) mass is 443 g/mol. The summed E-state index contributed by atoms with van der Waals surface area (Å²) in [6.07, 6.45) is 6.05. The molecule has 8 heteroatoms. The average Bonchev–Trinajstić information content (AvgIpc) is 2.70. The lowest BCUT2D eigenvalue weighted by Crippen LogP contribution is -2.38. The molecule has 0 saturated carbocycles. The van der Waals surface area contributed by atoms with Crippen LogP contribution in [0.5, 0.6) is 0 Å². The van der Waals surface area contributed by atoms with Gasteiger partial charge in [-0.05, 0) is 25.0 Å². The Labute approximate surface area is 147 Å². The molecule has 120 valence electrons. The summed E-state index contributed by atoms with van der Waals surface area (Å²) in [5.41, 5.74) is 6.02. The average molecular weight is 443 g/mol. The van der Waals surface area contributed by atoms with Gasteiger partial charge in [0.25, 0.3) is 0 Å². The number of guanidine groups is 1. The first kappa shape index (κ1) is 18.7. The summed E-state index contributed by atoms with van der Waals surface area (Å²) in [5.74, 6) is 0.571. The van der Waals surface area contributed by atoms with Crippen molar-refractivity contribution < 1.29 is 8.42 Å². The van der Waals surface area contributed by atoms with Crippen LogP contribution in [0.1, 0.15) is 30.6 Å². The van der Waals surface area contributed by atoms with Crippen LogP contribution in [0, 0.1) is 0 Å². The van der Waals surface area contributed by atoms with Crippen molar-refractivity contribution in [3.05, 3.63) is 17.0 Å². The molecule has 0 aromatic carbocycles. The number of nitrogens with two attached hydrogens (primary N) is 1. The number of thiophene rings is 1. The minimum absolute atomic E-state index is 0. The van der Waals surface area contributed by atoms with Gasteiger partial charge in [-0.1, -0.05) is 12.8 Å². The van der Waals surface area contributed by atoms with Gasteiger partial charge in [-0.2, -0.15) is 0 Å². The van der Waals surface area contributed by atoms with Crippen LogP contribution in [0.25, 0.3) is 0 Å². The van der Waals surface area contributed by atoms with Crippen molar-refractivity contribution in [3.8, 4) is 0 Å². The number of halogens is 1. The van der Waals surface area contributed by atoms with Crippen molar-refractivity contribution in [3.63, 3.8) is 0 Å². The smallest absolute Gasteiger partial charge is 0.191 e. The number of rotatable bonds is 3. The van der Waals surface area contributed by atoms with Crippen molar-refractivity contribution in [2.24, 2.45) is 10.7 Å². The molecule has 0 aliphatic carbocycles. The Balaban J connectivity index is 0.00000220. The summed E-state index contributed by atoms with van der Waals surface area (Å²) in [6.45, 7) is 2.38. The third-order valence-corrected chi connectivity index (χ3v) is 6.22. The van der Waals surface area contributed by atoms with Gasteiger partial charge in [-0.15, -0.1) is 35.3 Å². The SMILES string of the molecule is CS(=O)(=O)c1ccc(CN=C(N)N2CCCCCC2)s1.I. The Morgan fingerprint density at radius 3 is 2.43 bits per heavy atom. The molecule has 2 heterocycles. The van der Waals surface area contributed by atoms with Gasteiger partial charge >= 0.3 is 0 Å². The van der Waals surface area contributed by atoms with Gasteiger partial charge < -0.3 is 10.6 Å². The van der Waals surface area contributed by atoms with Gasteiger partial charge in [0.15, 0.2) is 15.8 Å². The molecule has 21 heavy (non-hydrogen) atoms. The van der Waals surface area contributed by atoms with Crippen LogP contribution in [0.3, 0.4) is 0 Å². The van der Waals surface area contributed by atoms with E-state index >= 15 is 0 Å². The first-order valence-electron chi connectivity index (χ1n) is 6.80. The minimum Gasteiger partial charge on any atom is -0.370 e. The van der Waals surface area contributed by atoms with Crippen LogP contribution in [-0.2, 0) is 16.4 Å². The van der Waals surface area contributed by atoms with Gasteiger partial charge in [0.05, 0.1) is 6.54 Å². The standard InChI is InChI=1S/C13H21N3O2S2.HI/c1-20(17,18)12-7-6-11(19-12)10-15-13(14)16-8-4-2-3-5-9-16;/h6-7H,2-5,8-10H2,1H3,(H2,14,15);1H. The quantitative estimate of drug-likeness (QED) is 0.443. The molecule has 0 spiro atoms. The van der Waals surface area contributed by atoms with Crippen LogP contribution in [0.15, 0.2) is 21.3 Å². The molecule has 2 N–H and O–H groups in total. The zero-order valence-corrected chi connectivity index (χ0v) is 16.1. The lowest BCUT2D eigenvalue weighted by Gasteiger charge is -2.20. The summed E-state index contributed by atoms with van der Waals surface area (Å²) >= 11 is 1.26. The highest BCUT2D eigenvalue weighted by Gasteiger charge is 2.12. The maximum absolute atomic E-state index is 11.4. The van der Waals surface area contributed by atoms with E-state index in [0.29, 0.717) is 16.7 Å². The van der Waals surface area contributed by atoms with Crippen molar-refractivity contribution >= 4 is 51.1 Å². The Hall–Kier alpha value is -0.350.